The second-order valence-electron chi connectivity index (χ2n) is 7.03. The minimum atomic E-state index is -0.601. The highest BCUT2D eigenvalue weighted by Gasteiger charge is 2.43. The molecule has 1 aromatic carbocycles. The number of carbonyl (C=O) groups excluding carboxylic acids is 1. The maximum absolute atomic E-state index is 12.8. The summed E-state index contributed by atoms with van der Waals surface area (Å²) in [5.74, 6) is -0.602. The second kappa shape index (κ2) is 5.97. The molecule has 0 aromatic heterocycles. The van der Waals surface area contributed by atoms with Gasteiger partial charge in [0, 0.05) is 24.3 Å². The molecule has 126 valence electrons. The Hall–Kier alpha value is -2.72. The van der Waals surface area contributed by atoms with E-state index in [-0.39, 0.29) is 27.4 Å². The summed E-state index contributed by atoms with van der Waals surface area (Å²) in [5.41, 5.74) is 1.74. The first-order chi connectivity index (χ1) is 11.7. The summed E-state index contributed by atoms with van der Waals surface area (Å²) in [5, 5.41) is 20.4. The SMILES string of the molecule is CC1(C)CC(=O)C2C(=NC(=S)C(C#N)=C2c2ccc([N+](=O)[O-])cc2)C1. The first-order valence-electron chi connectivity index (χ1n) is 7.77. The molecule has 1 saturated carbocycles. The summed E-state index contributed by atoms with van der Waals surface area (Å²) >= 11 is 5.27. The molecule has 1 aliphatic heterocycles. The van der Waals surface area contributed by atoms with Crippen LogP contribution in [0.15, 0.2) is 34.8 Å². The van der Waals surface area contributed by atoms with Gasteiger partial charge in [-0.15, -0.1) is 0 Å². The molecule has 0 amide bonds. The van der Waals surface area contributed by atoms with Gasteiger partial charge in [0.05, 0.1) is 16.4 Å². The van der Waals surface area contributed by atoms with E-state index in [1.165, 1.54) is 12.1 Å². The zero-order valence-electron chi connectivity index (χ0n) is 13.8. The van der Waals surface area contributed by atoms with E-state index in [0.29, 0.717) is 29.7 Å². The molecule has 3 rings (SSSR count). The van der Waals surface area contributed by atoms with Crippen LogP contribution in [0.2, 0.25) is 0 Å². The van der Waals surface area contributed by atoms with Gasteiger partial charge in [-0.2, -0.15) is 5.26 Å². The Balaban J connectivity index is 2.14. The van der Waals surface area contributed by atoms with E-state index in [4.69, 9.17) is 12.2 Å². The summed E-state index contributed by atoms with van der Waals surface area (Å²) in [4.78, 5) is 27.7. The number of allylic oxidation sites excluding steroid dienone is 1. The first-order valence-corrected chi connectivity index (χ1v) is 8.18. The number of dihydropyridines is 1. The van der Waals surface area contributed by atoms with E-state index in [1.807, 2.05) is 13.8 Å². The Bertz CT molecular complexity index is 904. The average Bonchev–Trinajstić information content (AvgIpc) is 2.52. The van der Waals surface area contributed by atoms with Gasteiger partial charge in [0.25, 0.3) is 5.69 Å². The normalized spacial score (nSPS) is 22.1. The van der Waals surface area contributed by atoms with Crippen LogP contribution in [0.5, 0.6) is 0 Å². The number of nitro benzene ring substituents is 1. The van der Waals surface area contributed by atoms with Gasteiger partial charge >= 0.3 is 0 Å². The smallest absolute Gasteiger partial charge is 0.269 e. The predicted octanol–water partition coefficient (Wildman–Crippen LogP) is 3.66. The fraction of sp³-hybridized carbons (Fsp3) is 0.333. The van der Waals surface area contributed by atoms with Crippen LogP contribution in [0.1, 0.15) is 32.3 Å². The summed E-state index contributed by atoms with van der Waals surface area (Å²) in [6, 6.07) is 7.91. The third kappa shape index (κ3) is 3.01. The van der Waals surface area contributed by atoms with Crippen molar-refractivity contribution in [2.24, 2.45) is 16.3 Å². The highest BCUT2D eigenvalue weighted by Crippen LogP contribution is 2.43. The third-order valence-electron chi connectivity index (χ3n) is 4.49. The standard InChI is InChI=1S/C18H15N3O3S/c1-18(2)7-13-16(14(22)8-18)15(12(9-19)17(25)20-13)10-3-5-11(6-4-10)21(23)24/h3-6,16H,7-8H2,1-2H3. The molecule has 0 spiro atoms. The number of Topliss-reactive ketones (excluding diaryl/α,β-unsaturated/α-hetero) is 1. The van der Waals surface area contributed by atoms with Gasteiger partial charge in [-0.3, -0.25) is 14.9 Å². The molecule has 1 unspecified atom stereocenters. The maximum Gasteiger partial charge on any atom is 0.269 e. The van der Waals surface area contributed by atoms with Crippen LogP contribution in [0, 0.1) is 32.8 Å². The molecule has 1 heterocycles. The molecule has 25 heavy (non-hydrogen) atoms. The van der Waals surface area contributed by atoms with Crippen LogP contribution in [0.4, 0.5) is 5.69 Å². The van der Waals surface area contributed by atoms with Gasteiger partial charge in [0.15, 0.2) is 0 Å². The number of non-ortho nitro benzene ring substituents is 1. The Labute approximate surface area is 150 Å². The molecule has 0 radical (unpaired) electrons. The van der Waals surface area contributed by atoms with Gasteiger partial charge in [-0.25, -0.2) is 4.99 Å². The lowest BCUT2D eigenvalue weighted by molar-refractivity contribution is -0.384. The lowest BCUT2D eigenvalue weighted by Gasteiger charge is -2.37. The average molecular weight is 353 g/mol. The summed E-state index contributed by atoms with van der Waals surface area (Å²) in [6.07, 6.45) is 1.01. The van der Waals surface area contributed by atoms with E-state index in [2.05, 4.69) is 11.1 Å². The Kier molecular flexibility index (Phi) is 4.09. The number of aliphatic imine (C=N–C) groups is 1. The lowest BCUT2D eigenvalue weighted by Crippen LogP contribution is -2.41. The molecule has 1 atom stereocenters. The predicted molar refractivity (Wildman–Crippen MR) is 97.2 cm³/mol. The molecular formula is C18H15N3O3S. The monoisotopic (exact) mass is 353 g/mol. The minimum absolute atomic E-state index is 0.00129. The largest absolute Gasteiger partial charge is 0.299 e. The lowest BCUT2D eigenvalue weighted by atomic mass is 9.66. The highest BCUT2D eigenvalue weighted by molar-refractivity contribution is 7.80. The van der Waals surface area contributed by atoms with Crippen molar-refractivity contribution in [1.29, 1.82) is 5.26 Å². The topological polar surface area (TPSA) is 96.4 Å². The minimum Gasteiger partial charge on any atom is -0.299 e. The number of rotatable bonds is 2. The Morgan fingerprint density at radius 1 is 1.32 bits per heavy atom. The molecule has 1 aromatic rings. The summed E-state index contributed by atoms with van der Waals surface area (Å²) < 4.78 is 0. The van der Waals surface area contributed by atoms with Crippen molar-refractivity contribution in [3.05, 3.63) is 45.5 Å². The van der Waals surface area contributed by atoms with Crippen molar-refractivity contribution in [3.63, 3.8) is 0 Å². The number of hydrogen-bond acceptors (Lipinski definition) is 5. The van der Waals surface area contributed by atoms with Crippen molar-refractivity contribution >= 4 is 40.0 Å². The van der Waals surface area contributed by atoms with Gasteiger partial charge in [0.2, 0.25) is 0 Å². The van der Waals surface area contributed by atoms with Crippen LogP contribution in [0.25, 0.3) is 5.57 Å². The number of fused-ring (bicyclic) bond motifs is 1. The van der Waals surface area contributed by atoms with Crippen LogP contribution in [-0.4, -0.2) is 21.4 Å². The quantitative estimate of drug-likeness (QED) is 0.459. The molecular weight excluding hydrogens is 338 g/mol. The van der Waals surface area contributed by atoms with Gasteiger partial charge < -0.3 is 0 Å². The van der Waals surface area contributed by atoms with E-state index >= 15 is 0 Å². The number of nitriles is 1. The highest BCUT2D eigenvalue weighted by atomic mass is 32.1. The van der Waals surface area contributed by atoms with Crippen LogP contribution in [0.3, 0.4) is 0 Å². The Morgan fingerprint density at radius 3 is 2.52 bits per heavy atom. The maximum atomic E-state index is 12.8. The van der Waals surface area contributed by atoms with Crippen molar-refractivity contribution in [3.8, 4) is 6.07 Å². The Morgan fingerprint density at radius 2 is 1.96 bits per heavy atom. The molecule has 1 aliphatic carbocycles. The van der Waals surface area contributed by atoms with Crippen molar-refractivity contribution in [1.82, 2.24) is 0 Å². The molecule has 0 N–H and O–H groups in total. The van der Waals surface area contributed by atoms with E-state index in [9.17, 15) is 20.2 Å². The van der Waals surface area contributed by atoms with E-state index < -0.39 is 10.8 Å². The van der Waals surface area contributed by atoms with Gasteiger partial charge in [-0.05, 0) is 35.1 Å². The number of carbonyl (C=O) groups is 1. The number of nitro groups is 1. The second-order valence-corrected chi connectivity index (χ2v) is 7.42. The fourth-order valence-electron chi connectivity index (χ4n) is 3.47. The first kappa shape index (κ1) is 17.1. The van der Waals surface area contributed by atoms with E-state index in [0.717, 1.165) is 0 Å². The molecule has 0 saturated heterocycles. The van der Waals surface area contributed by atoms with Gasteiger partial charge in [0.1, 0.15) is 16.8 Å². The molecule has 0 bridgehead atoms. The van der Waals surface area contributed by atoms with Crippen molar-refractivity contribution in [2.75, 3.05) is 0 Å². The van der Waals surface area contributed by atoms with Crippen molar-refractivity contribution < 1.29 is 9.72 Å². The zero-order valence-corrected chi connectivity index (χ0v) is 14.6. The van der Waals surface area contributed by atoms with E-state index in [1.54, 1.807) is 12.1 Å². The number of thiocarbonyl (C=S) groups is 1. The number of benzene rings is 1. The number of nitrogens with zero attached hydrogens (tertiary/aromatic N) is 3. The number of hydrogen-bond donors (Lipinski definition) is 0. The van der Waals surface area contributed by atoms with Crippen LogP contribution >= 0.6 is 12.2 Å². The summed E-state index contributed by atoms with van der Waals surface area (Å²) in [7, 11) is 0. The summed E-state index contributed by atoms with van der Waals surface area (Å²) in [6.45, 7) is 4.00. The fourth-order valence-corrected chi connectivity index (χ4v) is 3.75. The van der Waals surface area contributed by atoms with Crippen LogP contribution < -0.4 is 0 Å². The van der Waals surface area contributed by atoms with Gasteiger partial charge in [-0.1, -0.05) is 26.1 Å². The number of ketones is 1. The third-order valence-corrected chi connectivity index (χ3v) is 4.78. The zero-order chi connectivity index (χ0) is 18.4. The molecule has 2 aliphatic rings. The molecule has 1 fully saturated rings. The van der Waals surface area contributed by atoms with Crippen LogP contribution in [-0.2, 0) is 4.79 Å². The molecule has 6 nitrogen and oxygen atoms in total. The molecule has 7 heteroatoms. The van der Waals surface area contributed by atoms with Crippen molar-refractivity contribution in [2.45, 2.75) is 26.7 Å².